The molecule has 4 heteroatoms. The summed E-state index contributed by atoms with van der Waals surface area (Å²) in [5.41, 5.74) is 5.13. The lowest BCUT2D eigenvalue weighted by atomic mass is 9.98. The third kappa shape index (κ3) is 2.58. The lowest BCUT2D eigenvalue weighted by Gasteiger charge is -2.07. The quantitative estimate of drug-likeness (QED) is 0.495. The van der Waals surface area contributed by atoms with Crippen molar-refractivity contribution in [3.63, 3.8) is 0 Å². The molecule has 1 heterocycles. The highest BCUT2D eigenvalue weighted by Gasteiger charge is 2.08. The first-order chi connectivity index (χ1) is 12.2. The summed E-state index contributed by atoms with van der Waals surface area (Å²) in [4.78, 5) is 3.09. The first-order valence-corrected chi connectivity index (χ1v) is 7.80. The van der Waals surface area contributed by atoms with Crippen molar-refractivity contribution in [2.24, 2.45) is 0 Å². The molecular weight excluding hydrogens is 312 g/mol. The van der Waals surface area contributed by atoms with Crippen LogP contribution in [0.1, 0.15) is 5.56 Å². The standard InChI is InChI=1S/C21H14N2O2/c22-11-16-12-23-20-8-5-15(9-19(16)20)13-1-3-14(4-2-13)18-7-6-17(24)10-21(18)25/h1-10,12,23-25H. The van der Waals surface area contributed by atoms with Crippen molar-refractivity contribution in [1.82, 2.24) is 4.98 Å². The van der Waals surface area contributed by atoms with E-state index in [1.807, 2.05) is 42.5 Å². The van der Waals surface area contributed by atoms with Crippen LogP contribution >= 0.6 is 0 Å². The monoisotopic (exact) mass is 326 g/mol. The third-order valence-electron chi connectivity index (χ3n) is 4.31. The number of nitrogens with one attached hydrogen (secondary N) is 1. The van der Waals surface area contributed by atoms with Crippen molar-refractivity contribution in [2.75, 3.05) is 0 Å². The van der Waals surface area contributed by atoms with E-state index in [4.69, 9.17) is 0 Å². The summed E-state index contributed by atoms with van der Waals surface area (Å²) in [5, 5.41) is 29.5. The predicted octanol–water partition coefficient (Wildman–Crippen LogP) is 4.78. The van der Waals surface area contributed by atoms with E-state index in [9.17, 15) is 15.5 Å². The van der Waals surface area contributed by atoms with Gasteiger partial charge in [0.25, 0.3) is 0 Å². The molecule has 0 amide bonds. The highest BCUT2D eigenvalue weighted by Crippen LogP contribution is 2.33. The lowest BCUT2D eigenvalue weighted by molar-refractivity contribution is 0.452. The van der Waals surface area contributed by atoms with Crippen LogP contribution < -0.4 is 0 Å². The molecule has 0 radical (unpaired) electrons. The Morgan fingerprint density at radius 1 is 0.800 bits per heavy atom. The molecule has 0 spiro atoms. The minimum absolute atomic E-state index is 0.0333. The predicted molar refractivity (Wildman–Crippen MR) is 97.2 cm³/mol. The molecular formula is C21H14N2O2. The highest BCUT2D eigenvalue weighted by molar-refractivity contribution is 5.90. The van der Waals surface area contributed by atoms with Crippen LogP contribution in [-0.4, -0.2) is 15.2 Å². The zero-order valence-corrected chi connectivity index (χ0v) is 13.2. The van der Waals surface area contributed by atoms with E-state index in [2.05, 4.69) is 11.1 Å². The minimum Gasteiger partial charge on any atom is -0.508 e. The minimum atomic E-state index is 0.0333. The first-order valence-electron chi connectivity index (χ1n) is 7.80. The van der Waals surface area contributed by atoms with Gasteiger partial charge in [0.05, 0.1) is 5.56 Å². The smallest absolute Gasteiger partial charge is 0.127 e. The van der Waals surface area contributed by atoms with Gasteiger partial charge < -0.3 is 15.2 Å². The van der Waals surface area contributed by atoms with Gasteiger partial charge in [0, 0.05) is 28.7 Å². The molecule has 1 aromatic heterocycles. The van der Waals surface area contributed by atoms with Crippen LogP contribution in [0.3, 0.4) is 0 Å². The normalized spacial score (nSPS) is 10.7. The number of benzene rings is 3. The molecule has 0 unspecified atom stereocenters. The molecule has 4 rings (SSSR count). The number of hydrogen-bond donors (Lipinski definition) is 3. The van der Waals surface area contributed by atoms with Crippen LogP contribution in [0, 0.1) is 11.3 Å². The summed E-state index contributed by atoms with van der Waals surface area (Å²) in [7, 11) is 0. The SMILES string of the molecule is N#Cc1c[nH]c2ccc(-c3ccc(-c4ccc(O)cc4O)cc3)cc12. The second-order valence-corrected chi connectivity index (χ2v) is 5.85. The van der Waals surface area contributed by atoms with E-state index in [1.165, 1.54) is 6.07 Å². The summed E-state index contributed by atoms with van der Waals surface area (Å²) in [6.45, 7) is 0. The number of nitriles is 1. The van der Waals surface area contributed by atoms with Crippen LogP contribution in [0.25, 0.3) is 33.2 Å². The van der Waals surface area contributed by atoms with Gasteiger partial charge in [-0.2, -0.15) is 5.26 Å². The van der Waals surface area contributed by atoms with E-state index in [-0.39, 0.29) is 11.5 Å². The number of aromatic amines is 1. The topological polar surface area (TPSA) is 80.0 Å². The Bertz CT molecular complexity index is 1120. The van der Waals surface area contributed by atoms with Gasteiger partial charge in [0.2, 0.25) is 0 Å². The first kappa shape index (κ1) is 14.9. The second kappa shape index (κ2) is 5.73. The van der Waals surface area contributed by atoms with Gasteiger partial charge in [-0.3, -0.25) is 0 Å². The molecule has 0 fully saturated rings. The summed E-state index contributed by atoms with van der Waals surface area (Å²) >= 11 is 0. The van der Waals surface area contributed by atoms with Crippen molar-refractivity contribution >= 4 is 10.9 Å². The fourth-order valence-corrected chi connectivity index (χ4v) is 3.00. The Hall–Kier alpha value is -3.71. The van der Waals surface area contributed by atoms with Gasteiger partial charge in [0.1, 0.15) is 17.6 Å². The summed E-state index contributed by atoms with van der Waals surface area (Å²) < 4.78 is 0. The molecule has 0 saturated carbocycles. The van der Waals surface area contributed by atoms with E-state index in [1.54, 1.807) is 18.3 Å². The van der Waals surface area contributed by atoms with E-state index in [0.717, 1.165) is 27.6 Å². The molecule has 4 aromatic rings. The number of nitrogens with zero attached hydrogens (tertiary/aromatic N) is 1. The summed E-state index contributed by atoms with van der Waals surface area (Å²) in [6, 6.07) is 20.5. The molecule has 0 aliphatic carbocycles. The molecule has 0 bridgehead atoms. The molecule has 25 heavy (non-hydrogen) atoms. The van der Waals surface area contributed by atoms with Crippen molar-refractivity contribution in [1.29, 1.82) is 5.26 Å². The van der Waals surface area contributed by atoms with Gasteiger partial charge in [-0.05, 0) is 41.0 Å². The van der Waals surface area contributed by atoms with Gasteiger partial charge >= 0.3 is 0 Å². The van der Waals surface area contributed by atoms with Gasteiger partial charge in [-0.1, -0.05) is 30.3 Å². The molecule has 3 N–H and O–H groups in total. The molecule has 0 saturated heterocycles. The van der Waals surface area contributed by atoms with E-state index >= 15 is 0 Å². The van der Waals surface area contributed by atoms with Crippen molar-refractivity contribution in [3.8, 4) is 39.8 Å². The maximum absolute atomic E-state index is 9.99. The Labute approximate surface area is 144 Å². The molecule has 120 valence electrons. The van der Waals surface area contributed by atoms with Crippen molar-refractivity contribution in [3.05, 3.63) is 72.4 Å². The average molecular weight is 326 g/mol. The lowest BCUT2D eigenvalue weighted by Crippen LogP contribution is -1.82. The number of phenols is 2. The summed E-state index contributed by atoms with van der Waals surface area (Å²) in [5.74, 6) is 0.0751. The molecule has 3 aromatic carbocycles. The van der Waals surface area contributed by atoms with Crippen LogP contribution in [-0.2, 0) is 0 Å². The Morgan fingerprint density at radius 2 is 1.52 bits per heavy atom. The molecule has 0 aliphatic rings. The molecule has 0 aliphatic heterocycles. The van der Waals surface area contributed by atoms with Crippen LogP contribution in [0.5, 0.6) is 11.5 Å². The van der Waals surface area contributed by atoms with Crippen LogP contribution in [0.4, 0.5) is 0 Å². The van der Waals surface area contributed by atoms with Crippen molar-refractivity contribution < 1.29 is 10.2 Å². The Kier molecular flexibility index (Phi) is 3.41. The fourth-order valence-electron chi connectivity index (χ4n) is 3.00. The number of rotatable bonds is 2. The number of phenolic OH excluding ortho intramolecular Hbond substituents is 2. The van der Waals surface area contributed by atoms with Gasteiger partial charge in [0.15, 0.2) is 0 Å². The van der Waals surface area contributed by atoms with E-state index < -0.39 is 0 Å². The largest absolute Gasteiger partial charge is 0.508 e. The highest BCUT2D eigenvalue weighted by atomic mass is 16.3. The van der Waals surface area contributed by atoms with Crippen LogP contribution in [0.2, 0.25) is 0 Å². The molecule has 4 nitrogen and oxygen atoms in total. The fraction of sp³-hybridized carbons (Fsp3) is 0. The van der Waals surface area contributed by atoms with Gasteiger partial charge in [-0.25, -0.2) is 0 Å². The number of aromatic hydroxyl groups is 2. The number of aromatic nitrogens is 1. The third-order valence-corrected chi connectivity index (χ3v) is 4.31. The molecule has 0 atom stereocenters. The number of hydrogen-bond acceptors (Lipinski definition) is 3. The van der Waals surface area contributed by atoms with E-state index in [0.29, 0.717) is 11.1 Å². The number of fused-ring (bicyclic) bond motifs is 1. The maximum atomic E-state index is 9.99. The zero-order valence-electron chi connectivity index (χ0n) is 13.2. The Balaban J connectivity index is 1.74. The van der Waals surface area contributed by atoms with Crippen LogP contribution in [0.15, 0.2) is 66.9 Å². The average Bonchev–Trinajstić information content (AvgIpc) is 3.04. The summed E-state index contributed by atoms with van der Waals surface area (Å²) in [6.07, 6.45) is 1.71. The van der Waals surface area contributed by atoms with Gasteiger partial charge in [-0.15, -0.1) is 0 Å². The zero-order chi connectivity index (χ0) is 17.4. The Morgan fingerprint density at radius 3 is 2.24 bits per heavy atom. The van der Waals surface area contributed by atoms with Crippen molar-refractivity contribution in [2.45, 2.75) is 0 Å². The number of H-pyrrole nitrogens is 1. The maximum Gasteiger partial charge on any atom is 0.127 e. The second-order valence-electron chi connectivity index (χ2n) is 5.85.